The highest BCUT2D eigenvalue weighted by atomic mass is 16.5. The number of benzene rings is 2. The minimum Gasteiger partial charge on any atom is -0.380 e. The number of fused-ring (bicyclic) bond motifs is 3. The summed E-state index contributed by atoms with van der Waals surface area (Å²) in [5.41, 5.74) is 5.48. The van der Waals surface area contributed by atoms with Crippen LogP contribution in [0, 0.1) is 0 Å². The van der Waals surface area contributed by atoms with Crippen LogP contribution < -0.4 is 5.32 Å². The van der Waals surface area contributed by atoms with E-state index >= 15 is 0 Å². The van der Waals surface area contributed by atoms with Gasteiger partial charge in [0.05, 0.1) is 12.6 Å². The molecule has 0 atom stereocenters. The van der Waals surface area contributed by atoms with Gasteiger partial charge in [0, 0.05) is 13.2 Å². The molecule has 2 nitrogen and oxygen atoms in total. The van der Waals surface area contributed by atoms with Gasteiger partial charge in [0.25, 0.3) is 0 Å². The minimum atomic E-state index is 0.298. The molecule has 1 aliphatic rings. The van der Waals surface area contributed by atoms with Crippen LogP contribution in [0.25, 0.3) is 11.1 Å². The van der Waals surface area contributed by atoms with Crippen molar-refractivity contribution >= 4 is 0 Å². The maximum atomic E-state index is 5.65. The number of rotatable bonds is 7. The Kier molecular flexibility index (Phi) is 4.69. The van der Waals surface area contributed by atoms with Crippen LogP contribution in [0.1, 0.15) is 36.9 Å². The Bertz CT molecular complexity index is 548. The van der Waals surface area contributed by atoms with Crippen molar-refractivity contribution < 1.29 is 4.74 Å². The third-order valence-corrected chi connectivity index (χ3v) is 4.07. The lowest BCUT2D eigenvalue weighted by molar-refractivity contribution is 0.132. The molecule has 0 spiro atoms. The van der Waals surface area contributed by atoms with Crippen LogP contribution in [0.2, 0.25) is 0 Å². The fourth-order valence-electron chi connectivity index (χ4n) is 3.00. The lowest BCUT2D eigenvalue weighted by Crippen LogP contribution is -2.25. The molecule has 0 fully saturated rings. The zero-order chi connectivity index (χ0) is 14.5. The molecule has 2 heteroatoms. The van der Waals surface area contributed by atoms with Gasteiger partial charge in [-0.2, -0.15) is 0 Å². The van der Waals surface area contributed by atoms with Gasteiger partial charge in [0.15, 0.2) is 0 Å². The fraction of sp³-hybridized carbons (Fsp3) is 0.368. The SMILES string of the molecule is CCCCOCCNC1c2ccccc2-c2ccccc21. The van der Waals surface area contributed by atoms with Crippen LogP contribution in [0.4, 0.5) is 0 Å². The molecule has 21 heavy (non-hydrogen) atoms. The molecule has 0 unspecified atom stereocenters. The monoisotopic (exact) mass is 281 g/mol. The van der Waals surface area contributed by atoms with E-state index in [4.69, 9.17) is 4.74 Å². The molecule has 2 aromatic carbocycles. The fourth-order valence-corrected chi connectivity index (χ4v) is 3.00. The van der Waals surface area contributed by atoms with Crippen molar-refractivity contribution in [1.82, 2.24) is 5.32 Å². The molecule has 1 aliphatic carbocycles. The second kappa shape index (κ2) is 6.88. The topological polar surface area (TPSA) is 21.3 Å². The largest absolute Gasteiger partial charge is 0.380 e. The quantitative estimate of drug-likeness (QED) is 0.769. The summed E-state index contributed by atoms with van der Waals surface area (Å²) in [6.45, 7) is 4.72. The van der Waals surface area contributed by atoms with Gasteiger partial charge in [-0.1, -0.05) is 61.9 Å². The second-order valence-corrected chi connectivity index (χ2v) is 5.53. The molecule has 0 bridgehead atoms. The van der Waals surface area contributed by atoms with Gasteiger partial charge in [-0.3, -0.25) is 0 Å². The first-order chi connectivity index (χ1) is 10.4. The summed E-state index contributed by atoms with van der Waals surface area (Å²) in [5, 5.41) is 3.65. The lowest BCUT2D eigenvalue weighted by Gasteiger charge is -2.16. The van der Waals surface area contributed by atoms with Gasteiger partial charge in [0.1, 0.15) is 0 Å². The van der Waals surface area contributed by atoms with Crippen LogP contribution in [0.5, 0.6) is 0 Å². The Balaban J connectivity index is 1.68. The Morgan fingerprint density at radius 1 is 0.905 bits per heavy atom. The van der Waals surface area contributed by atoms with Crippen LogP contribution in [0.15, 0.2) is 48.5 Å². The van der Waals surface area contributed by atoms with Gasteiger partial charge in [-0.15, -0.1) is 0 Å². The van der Waals surface area contributed by atoms with E-state index in [2.05, 4.69) is 60.8 Å². The second-order valence-electron chi connectivity index (χ2n) is 5.53. The van der Waals surface area contributed by atoms with Crippen molar-refractivity contribution in [2.75, 3.05) is 19.8 Å². The molecule has 110 valence electrons. The van der Waals surface area contributed by atoms with Gasteiger partial charge < -0.3 is 10.1 Å². The normalized spacial score (nSPS) is 13.2. The Morgan fingerprint density at radius 2 is 1.52 bits per heavy atom. The summed E-state index contributed by atoms with van der Waals surface area (Å²) in [5.74, 6) is 0. The Morgan fingerprint density at radius 3 is 2.14 bits per heavy atom. The predicted molar refractivity (Wildman–Crippen MR) is 87.5 cm³/mol. The molecular formula is C19H23NO. The maximum absolute atomic E-state index is 5.65. The zero-order valence-electron chi connectivity index (χ0n) is 12.6. The van der Waals surface area contributed by atoms with Crippen molar-refractivity contribution in [2.24, 2.45) is 0 Å². The Hall–Kier alpha value is -1.64. The van der Waals surface area contributed by atoms with E-state index in [0.29, 0.717) is 6.04 Å². The molecule has 0 radical (unpaired) electrons. The minimum absolute atomic E-state index is 0.298. The zero-order valence-corrected chi connectivity index (χ0v) is 12.6. The summed E-state index contributed by atoms with van der Waals surface area (Å²) in [7, 11) is 0. The average molecular weight is 281 g/mol. The number of hydrogen-bond acceptors (Lipinski definition) is 2. The molecule has 0 saturated heterocycles. The number of unbranched alkanes of at least 4 members (excludes halogenated alkanes) is 1. The van der Waals surface area contributed by atoms with Crippen LogP contribution in [0.3, 0.4) is 0 Å². The van der Waals surface area contributed by atoms with Gasteiger partial charge >= 0.3 is 0 Å². The van der Waals surface area contributed by atoms with Crippen LogP contribution >= 0.6 is 0 Å². The average Bonchev–Trinajstić information content (AvgIpc) is 2.85. The molecule has 0 aromatic heterocycles. The van der Waals surface area contributed by atoms with Gasteiger partial charge in [0.2, 0.25) is 0 Å². The lowest BCUT2D eigenvalue weighted by atomic mass is 10.1. The molecular weight excluding hydrogens is 258 g/mol. The van der Waals surface area contributed by atoms with Crippen molar-refractivity contribution in [3.63, 3.8) is 0 Å². The van der Waals surface area contributed by atoms with E-state index in [1.807, 2.05) is 0 Å². The molecule has 2 aromatic rings. The van der Waals surface area contributed by atoms with Gasteiger partial charge in [-0.25, -0.2) is 0 Å². The predicted octanol–water partition coefficient (Wildman–Crippen LogP) is 4.16. The highest BCUT2D eigenvalue weighted by molar-refractivity contribution is 5.78. The molecule has 0 heterocycles. The first kappa shape index (κ1) is 14.3. The number of nitrogens with one attached hydrogen (secondary N) is 1. The van der Waals surface area contributed by atoms with E-state index < -0.39 is 0 Å². The van der Waals surface area contributed by atoms with E-state index in [1.165, 1.54) is 28.7 Å². The Labute approximate surface area is 127 Å². The molecule has 1 N–H and O–H groups in total. The van der Waals surface area contributed by atoms with E-state index in [1.54, 1.807) is 0 Å². The molecule has 0 aliphatic heterocycles. The third kappa shape index (κ3) is 3.02. The smallest absolute Gasteiger partial charge is 0.0591 e. The van der Waals surface area contributed by atoms with Crippen molar-refractivity contribution in [3.8, 4) is 11.1 Å². The third-order valence-electron chi connectivity index (χ3n) is 4.07. The van der Waals surface area contributed by atoms with E-state index in [-0.39, 0.29) is 0 Å². The van der Waals surface area contributed by atoms with Crippen molar-refractivity contribution in [2.45, 2.75) is 25.8 Å². The first-order valence-corrected chi connectivity index (χ1v) is 7.91. The summed E-state index contributed by atoms with van der Waals surface area (Å²) in [4.78, 5) is 0. The van der Waals surface area contributed by atoms with Crippen LogP contribution in [-0.2, 0) is 4.74 Å². The first-order valence-electron chi connectivity index (χ1n) is 7.91. The molecule has 0 saturated carbocycles. The standard InChI is InChI=1S/C19H23NO/c1-2-3-13-21-14-12-20-19-17-10-6-4-8-15(17)16-9-5-7-11-18(16)19/h4-11,19-20H,2-3,12-14H2,1H3. The highest BCUT2D eigenvalue weighted by Crippen LogP contribution is 2.42. The highest BCUT2D eigenvalue weighted by Gasteiger charge is 2.27. The molecule has 3 rings (SSSR count). The van der Waals surface area contributed by atoms with Gasteiger partial charge in [-0.05, 0) is 28.7 Å². The summed E-state index contributed by atoms with van der Waals surface area (Å²) >= 11 is 0. The maximum Gasteiger partial charge on any atom is 0.0591 e. The number of hydrogen-bond donors (Lipinski definition) is 1. The van der Waals surface area contributed by atoms with E-state index in [0.717, 1.165) is 26.2 Å². The van der Waals surface area contributed by atoms with Crippen molar-refractivity contribution in [3.05, 3.63) is 59.7 Å². The molecule has 0 amide bonds. The summed E-state index contributed by atoms with van der Waals surface area (Å²) in [6, 6.07) is 17.7. The van der Waals surface area contributed by atoms with Crippen LogP contribution in [-0.4, -0.2) is 19.8 Å². The summed E-state index contributed by atoms with van der Waals surface area (Å²) < 4.78 is 5.65. The van der Waals surface area contributed by atoms with E-state index in [9.17, 15) is 0 Å². The van der Waals surface area contributed by atoms with Crippen molar-refractivity contribution in [1.29, 1.82) is 0 Å². The summed E-state index contributed by atoms with van der Waals surface area (Å²) in [6.07, 6.45) is 2.34. The number of ether oxygens (including phenoxy) is 1.